The molecule has 0 atom stereocenters. The maximum Gasteiger partial charge on any atom is 0.267 e. The van der Waals surface area contributed by atoms with Crippen molar-refractivity contribution in [3.8, 4) is 0 Å². The number of hydrogen-bond acceptors (Lipinski definition) is 2. The van der Waals surface area contributed by atoms with Crippen molar-refractivity contribution in [2.75, 3.05) is 10.8 Å². The van der Waals surface area contributed by atoms with Gasteiger partial charge in [0.05, 0.1) is 15.7 Å². The van der Waals surface area contributed by atoms with Crippen LogP contribution in [0.3, 0.4) is 0 Å². The van der Waals surface area contributed by atoms with Crippen LogP contribution in [0.15, 0.2) is 47.4 Å². The summed E-state index contributed by atoms with van der Waals surface area (Å²) in [6.07, 6.45) is 2.04. The lowest BCUT2D eigenvalue weighted by Crippen LogP contribution is -2.32. The van der Waals surface area contributed by atoms with Crippen molar-refractivity contribution in [1.29, 1.82) is 0 Å². The van der Waals surface area contributed by atoms with Crippen LogP contribution in [0.2, 0.25) is 10.0 Å². The first-order valence-electron chi connectivity index (χ1n) is 7.02. The lowest BCUT2D eigenvalue weighted by molar-refractivity contribution is 0.588. The molecule has 1 aliphatic carbocycles. The minimum absolute atomic E-state index is 0.00848. The summed E-state index contributed by atoms with van der Waals surface area (Å²) in [5.74, 6) is 0. The van der Waals surface area contributed by atoms with Gasteiger partial charge in [-0.3, -0.25) is 4.31 Å². The smallest absolute Gasteiger partial charge is 0.265 e. The van der Waals surface area contributed by atoms with Crippen LogP contribution in [0.25, 0.3) is 0 Å². The van der Waals surface area contributed by atoms with Crippen LogP contribution in [0.4, 0.5) is 5.69 Å². The summed E-state index contributed by atoms with van der Waals surface area (Å²) in [6, 6.07) is 12.4. The van der Waals surface area contributed by atoms with E-state index < -0.39 is 10.0 Å². The van der Waals surface area contributed by atoms with Gasteiger partial charge in [0.2, 0.25) is 0 Å². The summed E-state index contributed by atoms with van der Waals surface area (Å²) in [4.78, 5) is -0.00848. The molecule has 0 bridgehead atoms. The van der Waals surface area contributed by atoms with Crippen LogP contribution in [0.5, 0.6) is 0 Å². The largest absolute Gasteiger partial charge is 0.267 e. The molecule has 114 valence electrons. The van der Waals surface area contributed by atoms with E-state index in [1.54, 1.807) is 18.2 Å². The number of hydrogen-bond donors (Lipinski definition) is 0. The predicted octanol–water partition coefficient (Wildman–Crippen LogP) is 4.23. The molecule has 0 unspecified atom stereocenters. The Labute approximate surface area is 139 Å². The van der Waals surface area contributed by atoms with Crippen LogP contribution in [0, 0.1) is 0 Å². The molecule has 2 aliphatic rings. The van der Waals surface area contributed by atoms with E-state index in [9.17, 15) is 8.42 Å². The topological polar surface area (TPSA) is 37.4 Å². The second kappa shape index (κ2) is 4.63. The zero-order valence-corrected chi connectivity index (χ0v) is 13.9. The number of halogens is 2. The molecule has 0 saturated heterocycles. The van der Waals surface area contributed by atoms with Gasteiger partial charge in [-0.05, 0) is 36.6 Å². The zero-order chi connectivity index (χ0) is 15.5. The number of sulfonamides is 1. The highest BCUT2D eigenvalue weighted by Crippen LogP contribution is 2.57. The van der Waals surface area contributed by atoms with Crippen molar-refractivity contribution < 1.29 is 8.42 Å². The minimum atomic E-state index is -3.78. The summed E-state index contributed by atoms with van der Waals surface area (Å²) in [5.41, 5.74) is 1.84. The minimum Gasteiger partial charge on any atom is -0.265 e. The van der Waals surface area contributed by atoms with E-state index in [2.05, 4.69) is 0 Å². The van der Waals surface area contributed by atoms with Crippen LogP contribution in [0.1, 0.15) is 18.4 Å². The molecule has 0 radical (unpaired) electrons. The summed E-state index contributed by atoms with van der Waals surface area (Å²) < 4.78 is 27.7. The van der Waals surface area contributed by atoms with E-state index in [0.29, 0.717) is 6.54 Å². The van der Waals surface area contributed by atoms with E-state index in [0.717, 1.165) is 24.1 Å². The molecule has 3 nitrogen and oxygen atoms in total. The van der Waals surface area contributed by atoms with Crippen LogP contribution >= 0.6 is 23.2 Å². The van der Waals surface area contributed by atoms with Gasteiger partial charge in [0.1, 0.15) is 4.90 Å². The fourth-order valence-corrected chi connectivity index (χ4v) is 5.88. The summed E-state index contributed by atoms with van der Waals surface area (Å²) >= 11 is 12.2. The number of para-hydroxylation sites is 1. The Bertz CT molecular complexity index is 855. The third kappa shape index (κ3) is 1.91. The highest BCUT2D eigenvalue weighted by Gasteiger charge is 2.54. The Morgan fingerprint density at radius 1 is 0.955 bits per heavy atom. The molecule has 0 aromatic heterocycles. The predicted molar refractivity (Wildman–Crippen MR) is 88.3 cm³/mol. The Kier molecular flexibility index (Phi) is 3.03. The second-order valence-corrected chi connectivity index (χ2v) is 8.47. The molecular formula is C16H13Cl2NO2S. The SMILES string of the molecule is O=S(=O)(c1c(Cl)cccc1Cl)N1CC2(CC2)c2ccccc21. The molecule has 6 heteroatoms. The van der Waals surface area contributed by atoms with Gasteiger partial charge >= 0.3 is 0 Å². The van der Waals surface area contributed by atoms with E-state index in [1.807, 2.05) is 24.3 Å². The van der Waals surface area contributed by atoms with Crippen LogP contribution < -0.4 is 4.31 Å². The quantitative estimate of drug-likeness (QED) is 0.809. The first-order chi connectivity index (χ1) is 10.5. The molecule has 1 heterocycles. The van der Waals surface area contributed by atoms with Crippen molar-refractivity contribution in [3.05, 3.63) is 58.1 Å². The fraction of sp³-hybridized carbons (Fsp3) is 0.250. The third-order valence-electron chi connectivity index (χ3n) is 4.51. The van der Waals surface area contributed by atoms with Gasteiger partial charge in [0.25, 0.3) is 10.0 Å². The standard InChI is InChI=1S/C16H13Cl2NO2S/c17-12-5-3-6-13(18)15(12)22(20,21)19-10-16(8-9-16)11-4-1-2-7-14(11)19/h1-7H,8-10H2. The monoisotopic (exact) mass is 353 g/mol. The number of fused-ring (bicyclic) bond motifs is 2. The Hall–Kier alpha value is -1.23. The van der Waals surface area contributed by atoms with Gasteiger partial charge < -0.3 is 0 Å². The number of benzene rings is 2. The molecule has 1 saturated carbocycles. The van der Waals surface area contributed by atoms with Gasteiger partial charge in [-0.1, -0.05) is 47.5 Å². The van der Waals surface area contributed by atoms with Crippen molar-refractivity contribution in [2.24, 2.45) is 0 Å². The van der Waals surface area contributed by atoms with Crippen LogP contribution in [-0.4, -0.2) is 15.0 Å². The first-order valence-corrected chi connectivity index (χ1v) is 9.22. The lowest BCUT2D eigenvalue weighted by Gasteiger charge is -2.21. The molecule has 22 heavy (non-hydrogen) atoms. The number of rotatable bonds is 2. The average molecular weight is 354 g/mol. The number of anilines is 1. The maximum absolute atomic E-state index is 13.1. The highest BCUT2D eigenvalue weighted by atomic mass is 35.5. The molecule has 2 aromatic rings. The van der Waals surface area contributed by atoms with Crippen molar-refractivity contribution in [3.63, 3.8) is 0 Å². The van der Waals surface area contributed by atoms with Crippen molar-refractivity contribution in [1.82, 2.24) is 0 Å². The normalized spacial score (nSPS) is 18.5. The fourth-order valence-electron chi connectivity index (χ4n) is 3.22. The van der Waals surface area contributed by atoms with Gasteiger partial charge in [0.15, 0.2) is 0 Å². The van der Waals surface area contributed by atoms with Crippen LogP contribution in [-0.2, 0) is 15.4 Å². The van der Waals surface area contributed by atoms with Gasteiger partial charge in [0, 0.05) is 12.0 Å². The molecule has 0 amide bonds. The highest BCUT2D eigenvalue weighted by molar-refractivity contribution is 7.93. The Balaban J connectivity index is 1.90. The van der Waals surface area contributed by atoms with E-state index in [4.69, 9.17) is 23.2 Å². The summed E-state index contributed by atoms with van der Waals surface area (Å²) in [5, 5.41) is 0.309. The van der Waals surface area contributed by atoms with E-state index in [1.165, 1.54) is 4.31 Å². The average Bonchev–Trinajstić information content (AvgIpc) is 3.16. The molecule has 1 aliphatic heterocycles. The maximum atomic E-state index is 13.1. The molecule has 4 rings (SSSR count). The Morgan fingerprint density at radius 3 is 2.23 bits per heavy atom. The van der Waals surface area contributed by atoms with E-state index in [-0.39, 0.29) is 20.4 Å². The lowest BCUT2D eigenvalue weighted by atomic mass is 9.99. The summed E-state index contributed by atoms with van der Waals surface area (Å²) in [7, 11) is -3.78. The second-order valence-electron chi connectivity index (χ2n) is 5.86. The molecule has 1 spiro atoms. The van der Waals surface area contributed by atoms with Crippen molar-refractivity contribution >= 4 is 38.9 Å². The molecule has 2 aromatic carbocycles. The number of nitrogens with zero attached hydrogens (tertiary/aromatic N) is 1. The van der Waals surface area contributed by atoms with Gasteiger partial charge in [-0.2, -0.15) is 0 Å². The Morgan fingerprint density at radius 2 is 1.59 bits per heavy atom. The van der Waals surface area contributed by atoms with Crippen molar-refractivity contribution in [2.45, 2.75) is 23.2 Å². The van der Waals surface area contributed by atoms with E-state index >= 15 is 0 Å². The molecule has 0 N–H and O–H groups in total. The van der Waals surface area contributed by atoms with Gasteiger partial charge in [-0.15, -0.1) is 0 Å². The zero-order valence-electron chi connectivity index (χ0n) is 11.6. The van der Waals surface area contributed by atoms with Gasteiger partial charge in [-0.25, -0.2) is 8.42 Å². The third-order valence-corrected chi connectivity index (χ3v) is 7.23. The summed E-state index contributed by atoms with van der Waals surface area (Å²) in [6.45, 7) is 0.468. The first kappa shape index (κ1) is 14.4. The molecule has 1 fully saturated rings. The molecular weight excluding hydrogens is 341 g/mol.